The van der Waals surface area contributed by atoms with Gasteiger partial charge in [-0.05, 0) is 32.3 Å². The maximum absolute atomic E-state index is 12.4. The fourth-order valence-electron chi connectivity index (χ4n) is 2.92. The first-order chi connectivity index (χ1) is 11.4. The van der Waals surface area contributed by atoms with E-state index in [1.807, 2.05) is 51.2 Å². The van der Waals surface area contributed by atoms with Gasteiger partial charge in [0.2, 0.25) is 5.91 Å². The van der Waals surface area contributed by atoms with Crippen molar-refractivity contribution in [1.29, 1.82) is 0 Å². The van der Waals surface area contributed by atoms with Crippen LogP contribution in [0.4, 0.5) is 0 Å². The molecule has 1 heterocycles. The number of nitrogens with one attached hydrogen (secondary N) is 1. The Balaban J connectivity index is 1.84. The molecule has 0 aliphatic rings. The van der Waals surface area contributed by atoms with Gasteiger partial charge in [0.15, 0.2) is 0 Å². The van der Waals surface area contributed by atoms with E-state index in [1.54, 1.807) is 4.90 Å². The Morgan fingerprint density at radius 1 is 1.33 bits per heavy atom. The van der Waals surface area contributed by atoms with E-state index in [2.05, 4.69) is 16.3 Å². The Morgan fingerprint density at radius 3 is 2.71 bits per heavy atom. The lowest BCUT2D eigenvalue weighted by Crippen LogP contribution is -2.52. The van der Waals surface area contributed by atoms with Crippen molar-refractivity contribution < 1.29 is 4.79 Å². The number of aromatic amines is 1. The molecule has 2 aromatic rings. The van der Waals surface area contributed by atoms with Crippen LogP contribution in [0.5, 0.6) is 0 Å². The first kappa shape index (κ1) is 18.2. The molecule has 0 radical (unpaired) electrons. The molecule has 24 heavy (non-hydrogen) atoms. The Bertz CT molecular complexity index is 648. The summed E-state index contributed by atoms with van der Waals surface area (Å²) in [5.41, 5.74) is 8.49. The van der Waals surface area contributed by atoms with E-state index in [0.717, 1.165) is 36.2 Å². The highest BCUT2D eigenvalue weighted by molar-refractivity contribution is 5.85. The standard InChI is InChI=1S/C19H28N4O/c1-4-12-19(2,20)18(24)23(3)13-8-11-16-14-17(22-21-16)15-9-6-5-7-10-15/h5-7,9-10,14H,4,8,11-13,20H2,1-3H3,(H,21,22). The van der Waals surface area contributed by atoms with Crippen LogP contribution >= 0.6 is 0 Å². The molecule has 0 aliphatic heterocycles. The quantitative estimate of drug-likeness (QED) is 0.782. The molecule has 3 N–H and O–H groups in total. The van der Waals surface area contributed by atoms with Gasteiger partial charge in [-0.2, -0.15) is 5.10 Å². The van der Waals surface area contributed by atoms with E-state index in [1.165, 1.54) is 0 Å². The highest BCUT2D eigenvalue weighted by Crippen LogP contribution is 2.18. The van der Waals surface area contributed by atoms with Crippen LogP contribution in [0.1, 0.15) is 38.8 Å². The predicted octanol–water partition coefficient (Wildman–Crippen LogP) is 2.99. The van der Waals surface area contributed by atoms with Crippen molar-refractivity contribution >= 4 is 5.91 Å². The molecule has 1 atom stereocenters. The zero-order valence-corrected chi connectivity index (χ0v) is 14.9. The first-order valence-electron chi connectivity index (χ1n) is 8.58. The topological polar surface area (TPSA) is 75.0 Å². The number of nitrogens with two attached hydrogens (primary N) is 1. The van der Waals surface area contributed by atoms with E-state index in [0.29, 0.717) is 13.0 Å². The minimum Gasteiger partial charge on any atom is -0.344 e. The summed E-state index contributed by atoms with van der Waals surface area (Å²) in [5, 5.41) is 7.44. The molecule has 130 valence electrons. The van der Waals surface area contributed by atoms with Gasteiger partial charge in [0.25, 0.3) is 0 Å². The molecule has 0 spiro atoms. The van der Waals surface area contributed by atoms with Crippen molar-refractivity contribution in [3.05, 3.63) is 42.1 Å². The Hall–Kier alpha value is -2.14. The summed E-state index contributed by atoms with van der Waals surface area (Å²) >= 11 is 0. The molecule has 0 saturated carbocycles. The first-order valence-corrected chi connectivity index (χ1v) is 8.58. The predicted molar refractivity (Wildman–Crippen MR) is 97.5 cm³/mol. The van der Waals surface area contributed by atoms with E-state index < -0.39 is 5.54 Å². The fraction of sp³-hybridized carbons (Fsp3) is 0.474. The normalized spacial score (nSPS) is 13.5. The number of H-pyrrole nitrogens is 1. The van der Waals surface area contributed by atoms with Crippen molar-refractivity contribution in [1.82, 2.24) is 15.1 Å². The molecule has 1 amide bonds. The SMILES string of the molecule is CCCC(C)(N)C(=O)N(C)CCCc1cc(-c2ccccc2)n[nH]1. The molecule has 5 nitrogen and oxygen atoms in total. The lowest BCUT2D eigenvalue weighted by atomic mass is 9.96. The van der Waals surface area contributed by atoms with Crippen LogP contribution in [0.15, 0.2) is 36.4 Å². The maximum Gasteiger partial charge on any atom is 0.242 e. The van der Waals surface area contributed by atoms with Crippen molar-refractivity contribution in [3.63, 3.8) is 0 Å². The van der Waals surface area contributed by atoms with Crippen molar-refractivity contribution in [2.24, 2.45) is 5.73 Å². The van der Waals surface area contributed by atoms with Crippen molar-refractivity contribution in [2.45, 2.75) is 45.1 Å². The van der Waals surface area contributed by atoms with Gasteiger partial charge in [0.05, 0.1) is 11.2 Å². The molecule has 0 aliphatic carbocycles. The summed E-state index contributed by atoms with van der Waals surface area (Å²) in [6.45, 7) is 4.55. The lowest BCUT2D eigenvalue weighted by Gasteiger charge is -2.29. The molecule has 1 aromatic carbocycles. The van der Waals surface area contributed by atoms with Gasteiger partial charge in [-0.1, -0.05) is 43.7 Å². The summed E-state index contributed by atoms with van der Waals surface area (Å²) in [6.07, 6.45) is 3.34. The van der Waals surface area contributed by atoms with Crippen LogP contribution in [0, 0.1) is 0 Å². The lowest BCUT2D eigenvalue weighted by molar-refractivity contribution is -0.135. The largest absolute Gasteiger partial charge is 0.344 e. The van der Waals surface area contributed by atoms with E-state index in [-0.39, 0.29) is 5.91 Å². The minimum absolute atomic E-state index is 0.0129. The summed E-state index contributed by atoms with van der Waals surface area (Å²) in [6, 6.07) is 12.2. The monoisotopic (exact) mass is 328 g/mol. The number of hydrogen-bond donors (Lipinski definition) is 2. The van der Waals surface area contributed by atoms with E-state index in [4.69, 9.17) is 5.73 Å². The van der Waals surface area contributed by atoms with Crippen LogP contribution in [0.3, 0.4) is 0 Å². The van der Waals surface area contributed by atoms with Crippen molar-refractivity contribution in [2.75, 3.05) is 13.6 Å². The van der Waals surface area contributed by atoms with E-state index >= 15 is 0 Å². The number of rotatable bonds is 8. The second kappa shape index (κ2) is 8.11. The number of nitrogens with zero attached hydrogens (tertiary/aromatic N) is 2. The summed E-state index contributed by atoms with van der Waals surface area (Å²) in [5.74, 6) is 0.0129. The van der Waals surface area contributed by atoms with Gasteiger partial charge in [0.1, 0.15) is 0 Å². The third kappa shape index (κ3) is 4.68. The second-order valence-corrected chi connectivity index (χ2v) is 6.64. The van der Waals surface area contributed by atoms with Gasteiger partial charge < -0.3 is 10.6 Å². The molecule has 1 unspecified atom stereocenters. The number of carbonyl (C=O) groups excluding carboxylic acids is 1. The fourth-order valence-corrected chi connectivity index (χ4v) is 2.92. The zero-order chi connectivity index (χ0) is 17.6. The number of aryl methyl sites for hydroxylation is 1. The van der Waals surface area contributed by atoms with E-state index in [9.17, 15) is 4.79 Å². The van der Waals surface area contributed by atoms with Crippen LogP contribution in [0.2, 0.25) is 0 Å². The van der Waals surface area contributed by atoms with Gasteiger partial charge in [0, 0.05) is 24.8 Å². The Morgan fingerprint density at radius 2 is 2.04 bits per heavy atom. The molecule has 2 rings (SSSR count). The minimum atomic E-state index is -0.766. The number of hydrogen-bond acceptors (Lipinski definition) is 3. The second-order valence-electron chi connectivity index (χ2n) is 6.64. The van der Waals surface area contributed by atoms with Gasteiger partial charge >= 0.3 is 0 Å². The Kier molecular flexibility index (Phi) is 6.15. The third-order valence-electron chi connectivity index (χ3n) is 4.24. The number of aromatic nitrogens is 2. The smallest absolute Gasteiger partial charge is 0.242 e. The third-order valence-corrected chi connectivity index (χ3v) is 4.24. The highest BCUT2D eigenvalue weighted by atomic mass is 16.2. The number of amides is 1. The van der Waals surface area contributed by atoms with Gasteiger partial charge in [-0.3, -0.25) is 9.89 Å². The highest BCUT2D eigenvalue weighted by Gasteiger charge is 2.29. The summed E-state index contributed by atoms with van der Waals surface area (Å²) < 4.78 is 0. The van der Waals surface area contributed by atoms with Gasteiger partial charge in [-0.15, -0.1) is 0 Å². The molecule has 0 fully saturated rings. The average molecular weight is 328 g/mol. The average Bonchev–Trinajstić information content (AvgIpc) is 3.03. The van der Waals surface area contributed by atoms with Crippen LogP contribution in [-0.2, 0) is 11.2 Å². The maximum atomic E-state index is 12.4. The molecule has 1 aromatic heterocycles. The van der Waals surface area contributed by atoms with Gasteiger partial charge in [-0.25, -0.2) is 0 Å². The van der Waals surface area contributed by atoms with Crippen LogP contribution < -0.4 is 5.73 Å². The summed E-state index contributed by atoms with van der Waals surface area (Å²) in [7, 11) is 1.82. The Labute approximate surface area is 144 Å². The molecule has 0 bridgehead atoms. The molecular weight excluding hydrogens is 300 g/mol. The van der Waals surface area contributed by atoms with Crippen LogP contribution in [-0.4, -0.2) is 40.1 Å². The number of benzene rings is 1. The molecule has 5 heteroatoms. The molecular formula is C19H28N4O. The van der Waals surface area contributed by atoms with Crippen molar-refractivity contribution in [3.8, 4) is 11.3 Å². The molecule has 0 saturated heterocycles. The number of likely N-dealkylation sites (N-methyl/N-ethyl adjacent to an activating group) is 1. The zero-order valence-electron chi connectivity index (χ0n) is 14.9. The van der Waals surface area contributed by atoms with Crippen LogP contribution in [0.25, 0.3) is 11.3 Å². The summed E-state index contributed by atoms with van der Waals surface area (Å²) in [4.78, 5) is 14.1. The number of carbonyl (C=O) groups is 1.